The van der Waals surface area contributed by atoms with Crippen LogP contribution >= 0.6 is 15.9 Å². The maximum atomic E-state index is 11.4. The number of carbonyl (C=O) groups excluding carboxylic acids is 1. The molecule has 4 nitrogen and oxygen atoms in total. The highest BCUT2D eigenvalue weighted by atomic mass is 79.9. The van der Waals surface area contributed by atoms with Crippen molar-refractivity contribution in [1.82, 2.24) is 5.32 Å². The van der Waals surface area contributed by atoms with Crippen LogP contribution in [0.1, 0.15) is 6.42 Å². The van der Waals surface area contributed by atoms with Gasteiger partial charge in [-0.05, 0) is 28.1 Å². The molecule has 17 heavy (non-hydrogen) atoms. The van der Waals surface area contributed by atoms with Crippen LogP contribution in [0.25, 0.3) is 0 Å². The van der Waals surface area contributed by atoms with Crippen molar-refractivity contribution in [3.63, 3.8) is 0 Å². The lowest BCUT2D eigenvalue weighted by Gasteiger charge is -2.08. The molecule has 2 N–H and O–H groups in total. The van der Waals surface area contributed by atoms with Gasteiger partial charge in [0, 0.05) is 36.8 Å². The van der Waals surface area contributed by atoms with Crippen LogP contribution in [0.15, 0.2) is 28.7 Å². The van der Waals surface area contributed by atoms with E-state index in [1.807, 2.05) is 24.3 Å². The van der Waals surface area contributed by atoms with Gasteiger partial charge in [0.05, 0.1) is 6.61 Å². The Labute approximate surface area is 110 Å². The molecule has 0 saturated heterocycles. The first-order chi connectivity index (χ1) is 8.24. The average molecular weight is 301 g/mol. The molecule has 94 valence electrons. The van der Waals surface area contributed by atoms with Crippen molar-refractivity contribution in [3.8, 4) is 0 Å². The lowest BCUT2D eigenvalue weighted by Crippen LogP contribution is -2.28. The Morgan fingerprint density at radius 3 is 2.82 bits per heavy atom. The number of benzene rings is 1. The number of para-hydroxylation sites is 1. The van der Waals surface area contributed by atoms with E-state index in [9.17, 15) is 4.79 Å². The summed E-state index contributed by atoms with van der Waals surface area (Å²) in [6, 6.07) is 7.83. The minimum absolute atomic E-state index is 0.0293. The lowest BCUT2D eigenvalue weighted by atomic mass is 10.3. The molecule has 0 spiro atoms. The fourth-order valence-corrected chi connectivity index (χ4v) is 1.72. The van der Waals surface area contributed by atoms with Crippen LogP contribution in [0.3, 0.4) is 0 Å². The van der Waals surface area contributed by atoms with E-state index in [-0.39, 0.29) is 5.91 Å². The predicted molar refractivity (Wildman–Crippen MR) is 72.1 cm³/mol. The number of hydrogen-bond donors (Lipinski definition) is 2. The normalized spacial score (nSPS) is 10.0. The van der Waals surface area contributed by atoms with Crippen molar-refractivity contribution in [1.29, 1.82) is 0 Å². The van der Waals surface area contributed by atoms with Gasteiger partial charge in [0.25, 0.3) is 0 Å². The summed E-state index contributed by atoms with van der Waals surface area (Å²) in [5.74, 6) is 0.0293. The Morgan fingerprint density at radius 2 is 2.12 bits per heavy atom. The molecular formula is C12H17BrN2O2. The third-order valence-corrected chi connectivity index (χ3v) is 2.86. The van der Waals surface area contributed by atoms with E-state index in [1.165, 1.54) is 0 Å². The molecule has 1 rings (SSSR count). The predicted octanol–water partition coefficient (Wildman–Crippen LogP) is 2.01. The van der Waals surface area contributed by atoms with Crippen molar-refractivity contribution < 1.29 is 9.53 Å². The summed E-state index contributed by atoms with van der Waals surface area (Å²) in [5, 5.41) is 5.96. The molecular weight excluding hydrogens is 284 g/mol. The van der Waals surface area contributed by atoms with Gasteiger partial charge >= 0.3 is 0 Å². The molecule has 0 heterocycles. The first-order valence-electron chi connectivity index (χ1n) is 5.48. The van der Waals surface area contributed by atoms with Crippen LogP contribution < -0.4 is 10.6 Å². The molecule has 0 atom stereocenters. The van der Waals surface area contributed by atoms with Gasteiger partial charge in [-0.2, -0.15) is 0 Å². The maximum absolute atomic E-state index is 11.4. The van der Waals surface area contributed by atoms with E-state index >= 15 is 0 Å². The Balaban J connectivity index is 2.19. The van der Waals surface area contributed by atoms with E-state index in [2.05, 4.69) is 26.6 Å². The van der Waals surface area contributed by atoms with Gasteiger partial charge in [-0.3, -0.25) is 4.79 Å². The van der Waals surface area contributed by atoms with Crippen molar-refractivity contribution in [2.24, 2.45) is 0 Å². The minimum atomic E-state index is 0.0293. The molecule has 0 aliphatic rings. The monoisotopic (exact) mass is 300 g/mol. The molecule has 0 aromatic heterocycles. The summed E-state index contributed by atoms with van der Waals surface area (Å²) < 4.78 is 5.85. The number of nitrogens with one attached hydrogen (secondary N) is 2. The Kier molecular flexibility index (Phi) is 6.65. The summed E-state index contributed by atoms with van der Waals surface area (Å²) in [4.78, 5) is 11.4. The number of methoxy groups -OCH3 is 1. The van der Waals surface area contributed by atoms with Crippen LogP contribution in [-0.4, -0.2) is 32.7 Å². The molecule has 0 saturated carbocycles. The molecule has 5 heteroatoms. The van der Waals surface area contributed by atoms with Gasteiger partial charge in [0.2, 0.25) is 5.91 Å². The van der Waals surface area contributed by atoms with Gasteiger partial charge in [-0.15, -0.1) is 0 Å². The van der Waals surface area contributed by atoms with E-state index in [1.54, 1.807) is 7.11 Å². The summed E-state index contributed by atoms with van der Waals surface area (Å²) >= 11 is 3.44. The number of amides is 1. The SMILES string of the molecule is COCCNC(=O)CCNc1ccccc1Br. The number of anilines is 1. The van der Waals surface area contributed by atoms with Crippen molar-refractivity contribution in [3.05, 3.63) is 28.7 Å². The topological polar surface area (TPSA) is 50.4 Å². The Hall–Kier alpha value is -1.07. The highest BCUT2D eigenvalue weighted by Gasteiger charge is 2.01. The highest BCUT2D eigenvalue weighted by molar-refractivity contribution is 9.10. The fraction of sp³-hybridized carbons (Fsp3) is 0.417. The second kappa shape index (κ2) is 8.08. The summed E-state index contributed by atoms with van der Waals surface area (Å²) in [6.45, 7) is 1.72. The fourth-order valence-electron chi connectivity index (χ4n) is 1.30. The minimum Gasteiger partial charge on any atom is -0.384 e. The molecule has 0 aliphatic carbocycles. The zero-order chi connectivity index (χ0) is 12.5. The van der Waals surface area contributed by atoms with E-state index in [0.29, 0.717) is 26.1 Å². The van der Waals surface area contributed by atoms with Crippen molar-refractivity contribution >= 4 is 27.5 Å². The molecule has 0 unspecified atom stereocenters. The zero-order valence-corrected chi connectivity index (χ0v) is 11.4. The molecule has 0 radical (unpaired) electrons. The molecule has 1 amide bonds. The van der Waals surface area contributed by atoms with Gasteiger partial charge < -0.3 is 15.4 Å². The van der Waals surface area contributed by atoms with Gasteiger partial charge in [0.15, 0.2) is 0 Å². The summed E-state index contributed by atoms with van der Waals surface area (Å²) in [7, 11) is 1.61. The smallest absolute Gasteiger partial charge is 0.221 e. The van der Waals surface area contributed by atoms with Crippen molar-refractivity contribution in [2.75, 3.05) is 32.1 Å². The maximum Gasteiger partial charge on any atom is 0.221 e. The standard InChI is InChI=1S/C12H17BrN2O2/c1-17-9-8-15-12(16)6-7-14-11-5-3-2-4-10(11)13/h2-5,14H,6-9H2,1H3,(H,15,16). The third kappa shape index (κ3) is 5.70. The van der Waals surface area contributed by atoms with Gasteiger partial charge in [0.1, 0.15) is 0 Å². The van der Waals surface area contributed by atoms with E-state index in [0.717, 1.165) is 10.2 Å². The van der Waals surface area contributed by atoms with Gasteiger partial charge in [-0.1, -0.05) is 12.1 Å². The first-order valence-corrected chi connectivity index (χ1v) is 6.27. The summed E-state index contributed by atoms with van der Waals surface area (Å²) in [6.07, 6.45) is 0.449. The Bertz CT molecular complexity index is 358. The number of ether oxygens (including phenoxy) is 1. The van der Waals surface area contributed by atoms with E-state index in [4.69, 9.17) is 4.74 Å². The molecule has 1 aromatic rings. The summed E-state index contributed by atoms with van der Waals surface area (Å²) in [5.41, 5.74) is 0.997. The van der Waals surface area contributed by atoms with Crippen LogP contribution in [-0.2, 0) is 9.53 Å². The number of hydrogen-bond acceptors (Lipinski definition) is 3. The number of carbonyl (C=O) groups is 1. The highest BCUT2D eigenvalue weighted by Crippen LogP contribution is 2.20. The third-order valence-electron chi connectivity index (χ3n) is 2.17. The number of halogens is 1. The molecule has 1 aromatic carbocycles. The van der Waals surface area contributed by atoms with Crippen LogP contribution in [0.5, 0.6) is 0 Å². The first kappa shape index (κ1) is 14.0. The molecule has 0 aliphatic heterocycles. The van der Waals surface area contributed by atoms with Crippen LogP contribution in [0.4, 0.5) is 5.69 Å². The van der Waals surface area contributed by atoms with E-state index < -0.39 is 0 Å². The Morgan fingerprint density at radius 1 is 1.35 bits per heavy atom. The largest absolute Gasteiger partial charge is 0.384 e. The van der Waals surface area contributed by atoms with Gasteiger partial charge in [-0.25, -0.2) is 0 Å². The lowest BCUT2D eigenvalue weighted by molar-refractivity contribution is -0.121. The quantitative estimate of drug-likeness (QED) is 0.758. The van der Waals surface area contributed by atoms with Crippen LogP contribution in [0.2, 0.25) is 0 Å². The second-order valence-electron chi connectivity index (χ2n) is 3.50. The second-order valence-corrected chi connectivity index (χ2v) is 4.35. The van der Waals surface area contributed by atoms with Crippen molar-refractivity contribution in [2.45, 2.75) is 6.42 Å². The molecule has 0 fully saturated rings. The number of rotatable bonds is 7. The van der Waals surface area contributed by atoms with Crippen LogP contribution in [0, 0.1) is 0 Å². The average Bonchev–Trinajstić information content (AvgIpc) is 2.32. The molecule has 0 bridgehead atoms. The zero-order valence-electron chi connectivity index (χ0n) is 9.83.